The van der Waals surface area contributed by atoms with Crippen LogP contribution >= 0.6 is 0 Å². The third-order valence-corrected chi connectivity index (χ3v) is 2.50. The van der Waals surface area contributed by atoms with E-state index in [0.717, 1.165) is 19.3 Å². The average Bonchev–Trinajstić information content (AvgIpc) is 2.16. The van der Waals surface area contributed by atoms with Gasteiger partial charge in [-0.1, -0.05) is 25.2 Å². The molecule has 0 aromatic rings. The Labute approximate surface area is 93.0 Å². The van der Waals surface area contributed by atoms with Crippen LogP contribution in [0.4, 0.5) is 0 Å². The maximum Gasteiger partial charge on any atom is 0.303 e. The van der Waals surface area contributed by atoms with E-state index in [1.54, 1.807) is 6.08 Å². The SMILES string of the molecule is C=CC(C)(CC/C=C(\C)CC)OC(C)=O. The van der Waals surface area contributed by atoms with Gasteiger partial charge in [0.25, 0.3) is 0 Å². The van der Waals surface area contributed by atoms with Crippen molar-refractivity contribution in [3.8, 4) is 0 Å². The number of hydrogen-bond acceptors (Lipinski definition) is 2. The molecule has 0 heterocycles. The molecule has 0 bridgehead atoms. The third kappa shape index (κ3) is 6.10. The zero-order valence-corrected chi connectivity index (χ0v) is 10.3. The summed E-state index contributed by atoms with van der Waals surface area (Å²) in [6.45, 7) is 11.3. The molecule has 0 spiro atoms. The molecule has 1 unspecified atom stereocenters. The predicted molar refractivity (Wildman–Crippen MR) is 63.7 cm³/mol. The number of carbonyl (C=O) groups excluding carboxylic acids is 1. The number of ether oxygens (including phenoxy) is 1. The lowest BCUT2D eigenvalue weighted by Crippen LogP contribution is -2.27. The predicted octanol–water partition coefficient (Wildman–Crippen LogP) is 3.63. The van der Waals surface area contributed by atoms with Crippen LogP contribution in [0, 0.1) is 0 Å². The van der Waals surface area contributed by atoms with E-state index in [1.807, 2.05) is 6.92 Å². The molecule has 0 aliphatic heterocycles. The van der Waals surface area contributed by atoms with Crippen molar-refractivity contribution in [2.24, 2.45) is 0 Å². The summed E-state index contributed by atoms with van der Waals surface area (Å²) in [6.07, 6.45) is 6.65. The smallest absolute Gasteiger partial charge is 0.303 e. The van der Waals surface area contributed by atoms with Crippen LogP contribution in [0.3, 0.4) is 0 Å². The fourth-order valence-corrected chi connectivity index (χ4v) is 1.27. The standard InChI is InChI=1S/C13H22O2/c1-6-11(3)9-8-10-13(5,7-2)15-12(4)14/h7,9H,2,6,8,10H2,1,3-5H3/b11-9+. The summed E-state index contributed by atoms with van der Waals surface area (Å²) in [7, 11) is 0. The van der Waals surface area contributed by atoms with Crippen molar-refractivity contribution < 1.29 is 9.53 Å². The molecule has 1 atom stereocenters. The summed E-state index contributed by atoms with van der Waals surface area (Å²) in [5, 5.41) is 0. The minimum Gasteiger partial charge on any atom is -0.455 e. The second-order valence-electron chi connectivity index (χ2n) is 4.05. The second kappa shape index (κ2) is 6.44. The van der Waals surface area contributed by atoms with E-state index in [0.29, 0.717) is 0 Å². The Bertz CT molecular complexity index is 253. The first-order chi connectivity index (χ1) is 6.93. The molecule has 0 aromatic carbocycles. The lowest BCUT2D eigenvalue weighted by atomic mass is 9.99. The van der Waals surface area contributed by atoms with Crippen LogP contribution in [0.1, 0.15) is 47.0 Å². The Morgan fingerprint density at radius 3 is 2.47 bits per heavy atom. The normalized spacial score (nSPS) is 15.6. The summed E-state index contributed by atoms with van der Waals surface area (Å²) >= 11 is 0. The van der Waals surface area contributed by atoms with E-state index in [4.69, 9.17) is 4.74 Å². The molecule has 86 valence electrons. The minimum atomic E-state index is -0.531. The number of hydrogen-bond donors (Lipinski definition) is 0. The van der Waals surface area contributed by atoms with Gasteiger partial charge in [-0.15, -0.1) is 0 Å². The van der Waals surface area contributed by atoms with Crippen molar-refractivity contribution in [1.82, 2.24) is 0 Å². The van der Waals surface area contributed by atoms with Gasteiger partial charge in [-0.25, -0.2) is 0 Å². The fraction of sp³-hybridized carbons (Fsp3) is 0.615. The highest BCUT2D eigenvalue weighted by atomic mass is 16.6. The number of allylic oxidation sites excluding steroid dienone is 2. The Morgan fingerprint density at radius 1 is 1.47 bits per heavy atom. The van der Waals surface area contributed by atoms with Gasteiger partial charge in [0.2, 0.25) is 0 Å². The first-order valence-corrected chi connectivity index (χ1v) is 5.42. The van der Waals surface area contributed by atoms with Crippen LogP contribution in [0.25, 0.3) is 0 Å². The molecule has 0 aromatic heterocycles. The van der Waals surface area contributed by atoms with Crippen molar-refractivity contribution in [3.63, 3.8) is 0 Å². The molecule has 0 aliphatic carbocycles. The number of esters is 1. The summed E-state index contributed by atoms with van der Waals surface area (Å²) in [4.78, 5) is 10.9. The van der Waals surface area contributed by atoms with Crippen LogP contribution in [0.15, 0.2) is 24.3 Å². The molecule has 2 nitrogen and oxygen atoms in total. The first-order valence-electron chi connectivity index (χ1n) is 5.42. The number of rotatable bonds is 6. The molecular weight excluding hydrogens is 188 g/mol. The maximum atomic E-state index is 10.9. The second-order valence-corrected chi connectivity index (χ2v) is 4.05. The van der Waals surface area contributed by atoms with Gasteiger partial charge in [0, 0.05) is 6.92 Å². The van der Waals surface area contributed by atoms with Crippen LogP contribution in [-0.2, 0) is 9.53 Å². The molecular formula is C13H22O2. The molecule has 0 N–H and O–H groups in total. The monoisotopic (exact) mass is 210 g/mol. The Kier molecular flexibility index (Phi) is 5.99. The van der Waals surface area contributed by atoms with Crippen LogP contribution < -0.4 is 0 Å². The van der Waals surface area contributed by atoms with E-state index in [1.165, 1.54) is 12.5 Å². The maximum absolute atomic E-state index is 10.9. The van der Waals surface area contributed by atoms with E-state index in [-0.39, 0.29) is 5.97 Å². The van der Waals surface area contributed by atoms with Gasteiger partial charge in [0.1, 0.15) is 5.60 Å². The van der Waals surface area contributed by atoms with Crippen molar-refractivity contribution in [2.45, 2.75) is 52.6 Å². The highest BCUT2D eigenvalue weighted by Gasteiger charge is 2.22. The van der Waals surface area contributed by atoms with Crippen molar-refractivity contribution in [2.75, 3.05) is 0 Å². The van der Waals surface area contributed by atoms with E-state index < -0.39 is 5.60 Å². The van der Waals surface area contributed by atoms with Gasteiger partial charge >= 0.3 is 5.97 Å². The van der Waals surface area contributed by atoms with Crippen molar-refractivity contribution >= 4 is 5.97 Å². The average molecular weight is 210 g/mol. The van der Waals surface area contributed by atoms with E-state index in [9.17, 15) is 4.79 Å². The van der Waals surface area contributed by atoms with Gasteiger partial charge in [0.05, 0.1) is 0 Å². The van der Waals surface area contributed by atoms with Crippen LogP contribution in [0.2, 0.25) is 0 Å². The van der Waals surface area contributed by atoms with Gasteiger partial charge in [0.15, 0.2) is 0 Å². The van der Waals surface area contributed by atoms with Gasteiger partial charge in [-0.2, -0.15) is 0 Å². The summed E-state index contributed by atoms with van der Waals surface area (Å²) in [5.74, 6) is -0.256. The lowest BCUT2D eigenvalue weighted by molar-refractivity contribution is -0.151. The highest BCUT2D eigenvalue weighted by Crippen LogP contribution is 2.20. The number of carbonyl (C=O) groups is 1. The first kappa shape index (κ1) is 13.9. The van der Waals surface area contributed by atoms with Gasteiger partial charge in [-0.3, -0.25) is 4.79 Å². The molecule has 0 fully saturated rings. The molecule has 0 aliphatic rings. The highest BCUT2D eigenvalue weighted by molar-refractivity contribution is 5.66. The molecule has 0 saturated heterocycles. The quantitative estimate of drug-likeness (QED) is 0.494. The van der Waals surface area contributed by atoms with Gasteiger partial charge < -0.3 is 4.74 Å². The minimum absolute atomic E-state index is 0.256. The van der Waals surface area contributed by atoms with Crippen molar-refractivity contribution in [1.29, 1.82) is 0 Å². The third-order valence-electron chi connectivity index (χ3n) is 2.50. The van der Waals surface area contributed by atoms with E-state index >= 15 is 0 Å². The molecule has 0 amide bonds. The Balaban J connectivity index is 4.21. The summed E-state index contributed by atoms with van der Waals surface area (Å²) in [6, 6.07) is 0. The zero-order valence-electron chi connectivity index (χ0n) is 10.3. The Morgan fingerprint density at radius 2 is 2.07 bits per heavy atom. The van der Waals surface area contributed by atoms with Crippen LogP contribution in [0.5, 0.6) is 0 Å². The lowest BCUT2D eigenvalue weighted by Gasteiger charge is -2.24. The zero-order chi connectivity index (χ0) is 11.9. The summed E-state index contributed by atoms with van der Waals surface area (Å²) < 4.78 is 5.22. The topological polar surface area (TPSA) is 26.3 Å². The summed E-state index contributed by atoms with van der Waals surface area (Å²) in [5.41, 5.74) is 0.834. The molecule has 0 rings (SSSR count). The molecule has 0 radical (unpaired) electrons. The molecule has 2 heteroatoms. The Hall–Kier alpha value is -1.05. The van der Waals surface area contributed by atoms with Crippen LogP contribution in [-0.4, -0.2) is 11.6 Å². The fourth-order valence-electron chi connectivity index (χ4n) is 1.27. The van der Waals surface area contributed by atoms with Crippen molar-refractivity contribution in [3.05, 3.63) is 24.3 Å². The molecule has 15 heavy (non-hydrogen) atoms. The largest absolute Gasteiger partial charge is 0.455 e. The molecule has 0 saturated carbocycles. The van der Waals surface area contributed by atoms with Gasteiger partial charge in [-0.05, 0) is 39.2 Å². The van der Waals surface area contributed by atoms with E-state index in [2.05, 4.69) is 26.5 Å².